The van der Waals surface area contributed by atoms with Gasteiger partial charge in [0, 0.05) is 50.6 Å². The van der Waals surface area contributed by atoms with Crippen LogP contribution in [0, 0.1) is 0 Å². The SMILES string of the molecule is O=C(O)CCc1c(/C=C2\C(=O)Nc3cc(-c4cc5ccccc5s4)ccc32)[nH]c2c1C(=O)CCC2. The van der Waals surface area contributed by atoms with Crippen molar-refractivity contribution in [2.75, 3.05) is 5.32 Å². The zero-order valence-electron chi connectivity index (χ0n) is 18.8. The number of aryl methyl sites for hydroxylation is 1. The Labute approximate surface area is 205 Å². The van der Waals surface area contributed by atoms with Crippen molar-refractivity contribution in [3.05, 3.63) is 76.6 Å². The lowest BCUT2D eigenvalue weighted by molar-refractivity contribution is -0.137. The molecule has 174 valence electrons. The fraction of sp³-hybridized carbons (Fsp3) is 0.179. The van der Waals surface area contributed by atoms with Crippen molar-refractivity contribution in [1.82, 2.24) is 4.98 Å². The lowest BCUT2D eigenvalue weighted by Gasteiger charge is -2.11. The van der Waals surface area contributed by atoms with E-state index < -0.39 is 5.97 Å². The number of H-pyrrole nitrogens is 1. The second-order valence-electron chi connectivity index (χ2n) is 8.96. The van der Waals surface area contributed by atoms with Crippen LogP contribution in [0.25, 0.3) is 32.2 Å². The van der Waals surface area contributed by atoms with Crippen molar-refractivity contribution < 1.29 is 19.5 Å². The van der Waals surface area contributed by atoms with Gasteiger partial charge in [0.25, 0.3) is 5.91 Å². The average molecular weight is 483 g/mol. The maximum absolute atomic E-state index is 13.0. The van der Waals surface area contributed by atoms with E-state index in [-0.39, 0.29) is 24.5 Å². The number of thiophene rings is 1. The summed E-state index contributed by atoms with van der Waals surface area (Å²) in [5, 5.41) is 13.4. The minimum atomic E-state index is -0.917. The molecule has 0 saturated carbocycles. The van der Waals surface area contributed by atoms with Crippen molar-refractivity contribution in [3.8, 4) is 10.4 Å². The predicted molar refractivity (Wildman–Crippen MR) is 138 cm³/mol. The number of benzene rings is 2. The number of carboxylic acid groups (broad SMARTS) is 1. The van der Waals surface area contributed by atoms with Crippen LogP contribution in [-0.4, -0.2) is 27.8 Å². The summed E-state index contributed by atoms with van der Waals surface area (Å²) in [5.74, 6) is -1.09. The maximum Gasteiger partial charge on any atom is 0.303 e. The summed E-state index contributed by atoms with van der Waals surface area (Å²) in [6.45, 7) is 0. The number of aliphatic carboxylic acids is 1. The Balaban J connectivity index is 1.40. The van der Waals surface area contributed by atoms with Gasteiger partial charge in [0.2, 0.25) is 0 Å². The van der Waals surface area contributed by atoms with Gasteiger partial charge >= 0.3 is 5.97 Å². The van der Waals surface area contributed by atoms with Crippen molar-refractivity contribution in [2.24, 2.45) is 0 Å². The third-order valence-corrected chi connectivity index (χ3v) is 7.88. The molecule has 0 saturated heterocycles. The lowest BCUT2D eigenvalue weighted by atomic mass is 9.91. The minimum Gasteiger partial charge on any atom is -0.481 e. The third-order valence-electron chi connectivity index (χ3n) is 6.71. The standard InChI is InChI=1S/C28H22N2O4S/c31-23-6-3-5-20-27(23)18(10-11-26(32)33)22(29-20)14-19-17-9-8-16(12-21(17)30-28(19)34)25-13-15-4-1-2-7-24(15)35-25/h1-2,4,7-9,12-14,29H,3,5-6,10-11H2,(H,30,34)(H,32,33)/b19-14-. The first kappa shape index (κ1) is 21.6. The molecule has 3 heterocycles. The van der Waals surface area contributed by atoms with Gasteiger partial charge in [0.05, 0.1) is 5.57 Å². The number of amides is 1. The van der Waals surface area contributed by atoms with Gasteiger partial charge in [-0.2, -0.15) is 0 Å². The molecule has 0 bridgehead atoms. The maximum atomic E-state index is 13.0. The summed E-state index contributed by atoms with van der Waals surface area (Å²) in [6, 6.07) is 16.4. The molecule has 0 atom stereocenters. The largest absolute Gasteiger partial charge is 0.481 e. The van der Waals surface area contributed by atoms with E-state index in [1.54, 1.807) is 17.4 Å². The van der Waals surface area contributed by atoms with Crippen LogP contribution >= 0.6 is 11.3 Å². The van der Waals surface area contributed by atoms with Gasteiger partial charge < -0.3 is 15.4 Å². The van der Waals surface area contributed by atoms with E-state index in [4.69, 9.17) is 0 Å². The topological polar surface area (TPSA) is 99.3 Å². The zero-order valence-corrected chi connectivity index (χ0v) is 19.6. The summed E-state index contributed by atoms with van der Waals surface area (Å²) in [6.07, 6.45) is 3.91. The number of nitrogens with one attached hydrogen (secondary N) is 2. The van der Waals surface area contributed by atoms with E-state index in [1.807, 2.05) is 30.3 Å². The fourth-order valence-electron chi connectivity index (χ4n) is 5.07. The van der Waals surface area contributed by atoms with Gasteiger partial charge in [-0.3, -0.25) is 14.4 Å². The molecular weight excluding hydrogens is 460 g/mol. The lowest BCUT2D eigenvalue weighted by Crippen LogP contribution is -2.11. The molecule has 1 aliphatic carbocycles. The molecule has 0 radical (unpaired) electrons. The van der Waals surface area contributed by atoms with Gasteiger partial charge in [-0.1, -0.05) is 30.3 Å². The molecule has 2 aromatic heterocycles. The molecule has 2 aliphatic rings. The Morgan fingerprint density at radius 1 is 1.09 bits per heavy atom. The number of carbonyl (C=O) groups is 3. The van der Waals surface area contributed by atoms with E-state index in [1.165, 1.54) is 10.1 Å². The molecule has 3 N–H and O–H groups in total. The van der Waals surface area contributed by atoms with Gasteiger partial charge in [0.1, 0.15) is 0 Å². The Morgan fingerprint density at radius 2 is 1.94 bits per heavy atom. The molecule has 1 aliphatic heterocycles. The van der Waals surface area contributed by atoms with Gasteiger partial charge in [-0.05, 0) is 60.1 Å². The molecule has 0 unspecified atom stereocenters. The number of carboxylic acids is 1. The first-order valence-electron chi connectivity index (χ1n) is 11.6. The third kappa shape index (κ3) is 3.78. The highest BCUT2D eigenvalue weighted by atomic mass is 32.1. The molecule has 4 aromatic rings. The predicted octanol–water partition coefficient (Wildman–Crippen LogP) is 5.93. The summed E-state index contributed by atoms with van der Waals surface area (Å²) in [7, 11) is 0. The molecule has 1 amide bonds. The quantitative estimate of drug-likeness (QED) is 0.307. The van der Waals surface area contributed by atoms with Crippen LogP contribution in [0.2, 0.25) is 0 Å². The van der Waals surface area contributed by atoms with Crippen molar-refractivity contribution in [1.29, 1.82) is 0 Å². The highest BCUT2D eigenvalue weighted by Gasteiger charge is 2.29. The van der Waals surface area contributed by atoms with Crippen LogP contribution in [0.15, 0.2) is 48.5 Å². The molecular formula is C28H22N2O4S. The van der Waals surface area contributed by atoms with E-state index in [0.717, 1.165) is 40.2 Å². The van der Waals surface area contributed by atoms with E-state index in [0.29, 0.717) is 28.8 Å². The van der Waals surface area contributed by atoms with Crippen LogP contribution in [0.4, 0.5) is 5.69 Å². The Hall–Kier alpha value is -3.97. The number of fused-ring (bicyclic) bond motifs is 3. The summed E-state index contributed by atoms with van der Waals surface area (Å²) in [4.78, 5) is 41.3. The minimum absolute atomic E-state index is 0.0387. The highest BCUT2D eigenvalue weighted by Crippen LogP contribution is 2.40. The second-order valence-corrected chi connectivity index (χ2v) is 10.0. The molecule has 2 aromatic carbocycles. The van der Waals surface area contributed by atoms with Crippen LogP contribution in [0.3, 0.4) is 0 Å². The van der Waals surface area contributed by atoms with Crippen molar-refractivity contribution >= 4 is 56.4 Å². The molecule has 0 spiro atoms. The first-order valence-corrected chi connectivity index (χ1v) is 12.4. The number of rotatable bonds is 5. The summed E-state index contributed by atoms with van der Waals surface area (Å²) < 4.78 is 1.21. The molecule has 6 rings (SSSR count). The number of aromatic nitrogens is 1. The Kier molecular flexibility index (Phi) is 5.15. The summed E-state index contributed by atoms with van der Waals surface area (Å²) >= 11 is 1.71. The van der Waals surface area contributed by atoms with Crippen LogP contribution < -0.4 is 5.32 Å². The molecule has 6 nitrogen and oxygen atoms in total. The number of ketones is 1. The number of anilines is 1. The Bertz CT molecular complexity index is 1540. The monoisotopic (exact) mass is 482 g/mol. The Morgan fingerprint density at radius 3 is 2.77 bits per heavy atom. The van der Waals surface area contributed by atoms with Crippen LogP contribution in [0.5, 0.6) is 0 Å². The molecule has 0 fully saturated rings. The normalized spacial score (nSPS) is 15.9. The first-order chi connectivity index (χ1) is 17.0. The van der Waals surface area contributed by atoms with Gasteiger partial charge in [-0.25, -0.2) is 0 Å². The molecule has 7 heteroatoms. The smallest absolute Gasteiger partial charge is 0.303 e. The van der Waals surface area contributed by atoms with Gasteiger partial charge in [-0.15, -0.1) is 11.3 Å². The van der Waals surface area contributed by atoms with Crippen LogP contribution in [0.1, 0.15) is 52.1 Å². The van der Waals surface area contributed by atoms with Crippen LogP contribution in [-0.2, 0) is 22.4 Å². The molecule has 35 heavy (non-hydrogen) atoms. The van der Waals surface area contributed by atoms with Crippen molar-refractivity contribution in [3.63, 3.8) is 0 Å². The summed E-state index contributed by atoms with van der Waals surface area (Å²) in [5.41, 5.74) is 5.88. The number of aromatic amines is 1. The number of carbonyl (C=O) groups excluding carboxylic acids is 2. The van der Waals surface area contributed by atoms with Crippen molar-refractivity contribution in [2.45, 2.75) is 32.1 Å². The highest BCUT2D eigenvalue weighted by molar-refractivity contribution is 7.22. The van der Waals surface area contributed by atoms with E-state index >= 15 is 0 Å². The van der Waals surface area contributed by atoms with E-state index in [2.05, 4.69) is 28.5 Å². The number of hydrogen-bond donors (Lipinski definition) is 3. The second kappa shape index (κ2) is 8.36. The number of Topliss-reactive ketones (excluding diaryl/α,β-unsaturated/α-hetero) is 1. The van der Waals surface area contributed by atoms with E-state index in [9.17, 15) is 19.5 Å². The number of hydrogen-bond acceptors (Lipinski definition) is 4. The average Bonchev–Trinajstić information content (AvgIpc) is 3.51. The zero-order chi connectivity index (χ0) is 24.1. The van der Waals surface area contributed by atoms with Gasteiger partial charge in [0.15, 0.2) is 5.78 Å². The fourth-order valence-corrected chi connectivity index (χ4v) is 6.13.